The van der Waals surface area contributed by atoms with Crippen molar-refractivity contribution >= 4 is 21.6 Å². The van der Waals surface area contributed by atoms with Gasteiger partial charge in [-0.2, -0.15) is 9.40 Å². The van der Waals surface area contributed by atoms with Gasteiger partial charge in [-0.3, -0.25) is 9.58 Å². The van der Waals surface area contributed by atoms with Crippen LogP contribution < -0.4 is 0 Å². The minimum atomic E-state index is -3.49. The van der Waals surface area contributed by atoms with Crippen LogP contribution in [0.3, 0.4) is 0 Å². The summed E-state index contributed by atoms with van der Waals surface area (Å²) in [4.78, 5) is 2.55. The van der Waals surface area contributed by atoms with E-state index in [1.807, 2.05) is 31.2 Å². The number of halogens is 1. The smallest absolute Gasteiger partial charge is 0.246 e. The third-order valence-corrected chi connectivity index (χ3v) is 7.03. The van der Waals surface area contributed by atoms with Gasteiger partial charge in [0.1, 0.15) is 4.90 Å². The predicted molar refractivity (Wildman–Crippen MR) is 98.1 cm³/mol. The van der Waals surface area contributed by atoms with E-state index in [2.05, 4.69) is 10.00 Å². The highest BCUT2D eigenvalue weighted by atomic mass is 35.5. The summed E-state index contributed by atoms with van der Waals surface area (Å²) < 4.78 is 29.0. The van der Waals surface area contributed by atoms with Gasteiger partial charge in [-0.1, -0.05) is 29.8 Å². The second-order valence-electron chi connectivity index (χ2n) is 6.18. The summed E-state index contributed by atoms with van der Waals surface area (Å²) >= 11 is 6.22. The van der Waals surface area contributed by atoms with Crippen LogP contribution in [-0.4, -0.2) is 53.6 Å². The monoisotopic (exact) mass is 382 g/mol. The number of nitrogens with zero attached hydrogens (tertiary/aromatic N) is 4. The van der Waals surface area contributed by atoms with Crippen molar-refractivity contribution in [2.24, 2.45) is 0 Å². The van der Waals surface area contributed by atoms with Crippen molar-refractivity contribution in [2.75, 3.05) is 26.2 Å². The van der Waals surface area contributed by atoms with Gasteiger partial charge in [0.25, 0.3) is 0 Å². The van der Waals surface area contributed by atoms with E-state index < -0.39 is 10.0 Å². The average Bonchev–Trinajstić information content (AvgIpc) is 2.99. The maximum atomic E-state index is 12.9. The largest absolute Gasteiger partial charge is 0.296 e. The number of benzene rings is 1. The first-order valence-corrected chi connectivity index (χ1v) is 10.2. The molecule has 2 aromatic rings. The van der Waals surface area contributed by atoms with Crippen molar-refractivity contribution in [3.63, 3.8) is 0 Å². The fraction of sp³-hybridized carbons (Fsp3) is 0.471. The van der Waals surface area contributed by atoms with Crippen LogP contribution in [0.1, 0.15) is 18.2 Å². The number of aryl methyl sites for hydroxylation is 1. The van der Waals surface area contributed by atoms with Crippen molar-refractivity contribution in [1.82, 2.24) is 19.0 Å². The lowest BCUT2D eigenvalue weighted by molar-refractivity contribution is 0.181. The van der Waals surface area contributed by atoms with Crippen LogP contribution in [0, 0.1) is 6.92 Å². The zero-order valence-corrected chi connectivity index (χ0v) is 16.1. The van der Waals surface area contributed by atoms with Gasteiger partial charge >= 0.3 is 0 Å². The van der Waals surface area contributed by atoms with Gasteiger partial charge in [0.05, 0.1) is 11.9 Å². The third-order valence-electron chi connectivity index (χ3n) is 4.66. The number of rotatable bonds is 5. The van der Waals surface area contributed by atoms with Crippen LogP contribution in [0.15, 0.2) is 35.4 Å². The molecule has 2 heterocycles. The van der Waals surface area contributed by atoms with Gasteiger partial charge in [0.15, 0.2) is 0 Å². The SMILES string of the molecule is CCn1ncc(S(=O)(=O)N2CCN(Cc3ccccc3Cl)CC2)c1C. The maximum Gasteiger partial charge on any atom is 0.246 e. The highest BCUT2D eigenvalue weighted by molar-refractivity contribution is 7.89. The number of hydrogen-bond acceptors (Lipinski definition) is 4. The molecular formula is C17H23ClN4O2S. The van der Waals surface area contributed by atoms with Crippen molar-refractivity contribution in [1.29, 1.82) is 0 Å². The van der Waals surface area contributed by atoms with Gasteiger partial charge in [-0.05, 0) is 25.5 Å². The molecule has 1 aliphatic rings. The lowest BCUT2D eigenvalue weighted by Gasteiger charge is -2.34. The van der Waals surface area contributed by atoms with E-state index in [0.29, 0.717) is 43.3 Å². The van der Waals surface area contributed by atoms with Crippen LogP contribution in [0.4, 0.5) is 0 Å². The van der Waals surface area contributed by atoms with Crippen LogP contribution in [0.5, 0.6) is 0 Å². The molecule has 1 fully saturated rings. The Morgan fingerprint density at radius 3 is 2.44 bits per heavy atom. The summed E-state index contributed by atoms with van der Waals surface area (Å²) in [7, 11) is -3.49. The van der Waals surface area contributed by atoms with Gasteiger partial charge in [0.2, 0.25) is 10.0 Å². The second-order valence-corrected chi connectivity index (χ2v) is 8.50. The molecule has 25 heavy (non-hydrogen) atoms. The van der Waals surface area contributed by atoms with Gasteiger partial charge in [0, 0.05) is 44.3 Å². The normalized spacial score (nSPS) is 17.1. The zero-order chi connectivity index (χ0) is 18.0. The summed E-state index contributed by atoms with van der Waals surface area (Å²) in [6.07, 6.45) is 1.46. The summed E-state index contributed by atoms with van der Waals surface area (Å²) in [6.45, 7) is 7.47. The van der Waals surface area contributed by atoms with Crippen LogP contribution in [-0.2, 0) is 23.1 Å². The fourth-order valence-electron chi connectivity index (χ4n) is 3.14. The molecule has 8 heteroatoms. The zero-order valence-electron chi connectivity index (χ0n) is 14.5. The van der Waals surface area contributed by atoms with E-state index in [-0.39, 0.29) is 0 Å². The molecule has 6 nitrogen and oxygen atoms in total. The number of piperazine rings is 1. The van der Waals surface area contributed by atoms with Gasteiger partial charge in [-0.15, -0.1) is 0 Å². The first kappa shape index (κ1) is 18.4. The number of sulfonamides is 1. The minimum Gasteiger partial charge on any atom is -0.296 e. The van der Waals surface area contributed by atoms with Crippen molar-refractivity contribution in [3.05, 3.63) is 46.7 Å². The Morgan fingerprint density at radius 1 is 1.16 bits per heavy atom. The van der Waals surface area contributed by atoms with E-state index in [1.54, 1.807) is 15.9 Å². The molecule has 1 saturated heterocycles. The molecule has 1 aromatic heterocycles. The first-order valence-electron chi connectivity index (χ1n) is 8.41. The van der Waals surface area contributed by atoms with E-state index in [9.17, 15) is 8.42 Å². The summed E-state index contributed by atoms with van der Waals surface area (Å²) in [5.41, 5.74) is 1.77. The Morgan fingerprint density at radius 2 is 1.84 bits per heavy atom. The Labute approximate surface area is 154 Å². The Kier molecular flexibility index (Phi) is 5.48. The summed E-state index contributed by atoms with van der Waals surface area (Å²) in [5.74, 6) is 0. The molecule has 0 N–H and O–H groups in total. The molecule has 1 aromatic carbocycles. The standard InChI is InChI=1S/C17H23ClN4O2S/c1-3-22-14(2)17(12-19-22)25(23,24)21-10-8-20(9-11-21)13-15-6-4-5-7-16(15)18/h4-7,12H,3,8-11,13H2,1-2H3. The summed E-state index contributed by atoms with van der Waals surface area (Å²) in [5, 5.41) is 4.91. The van der Waals surface area contributed by atoms with E-state index >= 15 is 0 Å². The van der Waals surface area contributed by atoms with Crippen molar-refractivity contribution < 1.29 is 8.42 Å². The summed E-state index contributed by atoms with van der Waals surface area (Å²) in [6, 6.07) is 7.77. The number of aromatic nitrogens is 2. The quantitative estimate of drug-likeness (QED) is 0.796. The van der Waals surface area contributed by atoms with Crippen LogP contribution in [0.25, 0.3) is 0 Å². The molecule has 0 saturated carbocycles. The Hall–Kier alpha value is -1.41. The maximum absolute atomic E-state index is 12.9. The predicted octanol–water partition coefficient (Wildman–Crippen LogP) is 2.37. The molecular weight excluding hydrogens is 360 g/mol. The minimum absolute atomic E-state index is 0.314. The van der Waals surface area contributed by atoms with Gasteiger partial charge < -0.3 is 0 Å². The van der Waals surface area contributed by atoms with Crippen molar-refractivity contribution in [3.8, 4) is 0 Å². The molecule has 0 atom stereocenters. The highest BCUT2D eigenvalue weighted by Crippen LogP contribution is 2.22. The van der Waals surface area contributed by atoms with Gasteiger partial charge in [-0.25, -0.2) is 8.42 Å². The van der Waals surface area contributed by atoms with E-state index in [4.69, 9.17) is 11.6 Å². The third kappa shape index (κ3) is 3.74. The average molecular weight is 383 g/mol. The highest BCUT2D eigenvalue weighted by Gasteiger charge is 2.31. The second kappa shape index (κ2) is 7.45. The Bertz CT molecular complexity index is 842. The molecule has 0 amide bonds. The molecule has 1 aliphatic heterocycles. The fourth-order valence-corrected chi connectivity index (χ4v) is 4.91. The van der Waals surface area contributed by atoms with Crippen LogP contribution in [0.2, 0.25) is 5.02 Å². The number of hydrogen-bond donors (Lipinski definition) is 0. The lowest BCUT2D eigenvalue weighted by atomic mass is 10.2. The molecule has 0 bridgehead atoms. The first-order chi connectivity index (χ1) is 11.9. The molecule has 0 unspecified atom stereocenters. The van der Waals surface area contributed by atoms with E-state index in [0.717, 1.165) is 17.1 Å². The molecule has 136 valence electrons. The molecule has 0 radical (unpaired) electrons. The van der Waals surface area contributed by atoms with Crippen LogP contribution >= 0.6 is 11.6 Å². The Balaban J connectivity index is 1.67. The topological polar surface area (TPSA) is 58.4 Å². The molecule has 0 spiro atoms. The lowest BCUT2D eigenvalue weighted by Crippen LogP contribution is -2.48. The molecule has 0 aliphatic carbocycles. The van der Waals surface area contributed by atoms with E-state index in [1.165, 1.54) is 6.20 Å². The van der Waals surface area contributed by atoms with Crippen molar-refractivity contribution in [2.45, 2.75) is 31.8 Å². The molecule has 3 rings (SSSR count).